The molecule has 1 amide bonds. The fourth-order valence-electron chi connectivity index (χ4n) is 3.06. The van der Waals surface area contributed by atoms with Gasteiger partial charge in [-0.3, -0.25) is 14.4 Å². The Kier molecular flexibility index (Phi) is 5.07. The Morgan fingerprint density at radius 1 is 1.23 bits per heavy atom. The van der Waals surface area contributed by atoms with Crippen LogP contribution in [0.4, 0.5) is 10.1 Å². The number of pyridine rings is 1. The second-order valence-electron chi connectivity index (χ2n) is 6.49. The number of aromatic nitrogens is 4. The molecule has 0 saturated carbocycles. The molecule has 2 heterocycles. The normalized spacial score (nSPS) is 11.1. The molecular formula is C20H16FN5O4. The second-order valence-corrected chi connectivity index (χ2v) is 6.49. The van der Waals surface area contributed by atoms with Crippen LogP contribution in [0.1, 0.15) is 10.4 Å². The number of hydrogen-bond acceptors (Lipinski definition) is 6. The van der Waals surface area contributed by atoms with E-state index in [0.717, 1.165) is 6.20 Å². The number of nitrogens with one attached hydrogen (secondary N) is 2. The smallest absolute Gasteiger partial charge is 0.277 e. The zero-order valence-electron chi connectivity index (χ0n) is 15.8. The number of carbonyl (C=O) groups excluding carboxylic acids is 1. The fourth-order valence-corrected chi connectivity index (χ4v) is 3.06. The summed E-state index contributed by atoms with van der Waals surface area (Å²) in [5, 5.41) is 10.7. The molecule has 0 spiro atoms. The third-order valence-electron chi connectivity index (χ3n) is 4.60. The first-order valence-electron chi connectivity index (χ1n) is 8.97. The number of methoxy groups -OCH3 is 1. The lowest BCUT2D eigenvalue weighted by Crippen LogP contribution is -2.26. The molecule has 0 unspecified atom stereocenters. The summed E-state index contributed by atoms with van der Waals surface area (Å²) in [5.74, 6) is -1.28. The molecule has 0 bridgehead atoms. The van der Waals surface area contributed by atoms with Crippen molar-refractivity contribution in [2.45, 2.75) is 6.54 Å². The van der Waals surface area contributed by atoms with Crippen LogP contribution in [0, 0.1) is 5.82 Å². The third kappa shape index (κ3) is 3.44. The fraction of sp³-hybridized carbons (Fsp3) is 0.150. The molecule has 0 fully saturated rings. The first-order valence-corrected chi connectivity index (χ1v) is 8.97. The van der Waals surface area contributed by atoms with Gasteiger partial charge in [0.1, 0.15) is 16.9 Å². The maximum atomic E-state index is 13.8. The van der Waals surface area contributed by atoms with Crippen molar-refractivity contribution in [2.24, 2.45) is 0 Å². The average Bonchev–Trinajstić information content (AvgIpc) is 2.74. The molecule has 4 aromatic rings. The van der Waals surface area contributed by atoms with Gasteiger partial charge in [-0.1, -0.05) is 11.3 Å². The van der Waals surface area contributed by atoms with Gasteiger partial charge in [-0.2, -0.15) is 0 Å². The largest absolute Gasteiger partial charge is 0.383 e. The van der Waals surface area contributed by atoms with E-state index >= 15 is 0 Å². The highest BCUT2D eigenvalue weighted by atomic mass is 19.1. The number of amides is 1. The molecule has 10 heteroatoms. The molecule has 0 radical (unpaired) electrons. The number of benzene rings is 2. The van der Waals surface area contributed by atoms with Crippen molar-refractivity contribution in [3.05, 3.63) is 74.6 Å². The Hall–Kier alpha value is -3.92. The van der Waals surface area contributed by atoms with Crippen LogP contribution in [0.25, 0.3) is 21.8 Å². The number of carbonyl (C=O) groups is 1. The van der Waals surface area contributed by atoms with Crippen LogP contribution < -0.4 is 16.3 Å². The Morgan fingerprint density at radius 2 is 2.07 bits per heavy atom. The van der Waals surface area contributed by atoms with Gasteiger partial charge in [-0.15, -0.1) is 5.10 Å². The van der Waals surface area contributed by atoms with Gasteiger partial charge in [0, 0.05) is 24.4 Å². The lowest BCUT2D eigenvalue weighted by Gasteiger charge is -2.08. The quantitative estimate of drug-likeness (QED) is 0.518. The number of aromatic amines is 1. The molecule has 2 aromatic heterocycles. The highest BCUT2D eigenvalue weighted by Crippen LogP contribution is 2.16. The van der Waals surface area contributed by atoms with Crippen molar-refractivity contribution >= 4 is 33.4 Å². The zero-order valence-corrected chi connectivity index (χ0v) is 15.8. The minimum atomic E-state index is -0.691. The van der Waals surface area contributed by atoms with Crippen molar-refractivity contribution < 1.29 is 13.9 Å². The minimum absolute atomic E-state index is 0.0277. The van der Waals surface area contributed by atoms with Crippen LogP contribution >= 0.6 is 0 Å². The van der Waals surface area contributed by atoms with E-state index in [1.54, 1.807) is 12.1 Å². The van der Waals surface area contributed by atoms with E-state index in [1.165, 1.54) is 36.1 Å². The molecular weight excluding hydrogens is 393 g/mol. The predicted octanol–water partition coefficient (Wildman–Crippen LogP) is 1.67. The number of rotatable bonds is 5. The zero-order chi connectivity index (χ0) is 21.3. The van der Waals surface area contributed by atoms with Crippen molar-refractivity contribution in [2.75, 3.05) is 19.0 Å². The van der Waals surface area contributed by atoms with Gasteiger partial charge in [0.05, 0.1) is 24.1 Å². The van der Waals surface area contributed by atoms with Gasteiger partial charge in [0.2, 0.25) is 5.43 Å². The molecule has 0 atom stereocenters. The van der Waals surface area contributed by atoms with Crippen molar-refractivity contribution in [1.82, 2.24) is 20.0 Å². The van der Waals surface area contributed by atoms with E-state index in [4.69, 9.17) is 4.74 Å². The molecule has 2 N–H and O–H groups in total. The van der Waals surface area contributed by atoms with E-state index in [0.29, 0.717) is 17.8 Å². The Balaban J connectivity index is 1.69. The van der Waals surface area contributed by atoms with Crippen LogP contribution in [0.5, 0.6) is 0 Å². The van der Waals surface area contributed by atoms with Crippen LogP contribution in [0.15, 0.2) is 52.2 Å². The number of ether oxygens (including phenoxy) is 1. The van der Waals surface area contributed by atoms with Gasteiger partial charge < -0.3 is 15.0 Å². The van der Waals surface area contributed by atoms with E-state index in [9.17, 15) is 18.8 Å². The Labute approximate surface area is 168 Å². The third-order valence-corrected chi connectivity index (χ3v) is 4.60. The minimum Gasteiger partial charge on any atom is -0.383 e. The highest BCUT2D eigenvalue weighted by Gasteiger charge is 2.15. The number of anilines is 1. The van der Waals surface area contributed by atoms with Gasteiger partial charge in [-0.05, 0) is 30.3 Å². The summed E-state index contributed by atoms with van der Waals surface area (Å²) >= 11 is 0. The summed E-state index contributed by atoms with van der Waals surface area (Å²) in [7, 11) is 1.51. The first kappa shape index (κ1) is 19.4. The topological polar surface area (TPSA) is 119 Å². The molecule has 0 saturated heterocycles. The van der Waals surface area contributed by atoms with Crippen LogP contribution in [-0.2, 0) is 11.3 Å². The van der Waals surface area contributed by atoms with Crippen LogP contribution in [-0.4, -0.2) is 39.6 Å². The summed E-state index contributed by atoms with van der Waals surface area (Å²) in [6.45, 7) is 0.528. The molecule has 0 aliphatic heterocycles. The van der Waals surface area contributed by atoms with Crippen molar-refractivity contribution in [3.8, 4) is 0 Å². The number of fused-ring (bicyclic) bond motifs is 2. The maximum Gasteiger partial charge on any atom is 0.277 e. The standard InChI is InChI=1S/C20H16FN5O4/c1-30-8-7-26-20(29)13-9-11(5-6-16(13)24-25-26)23-19(28)14-10-22-17-12(18(14)27)3-2-4-15(17)21/h2-6,9-10H,7-8H2,1H3,(H,22,27)(H,23,28). The SMILES string of the molecule is COCCn1nnc2ccc(NC(=O)c3c[nH]c4c(F)cccc4c3=O)cc2c1=O. The number of hydrogen-bond donors (Lipinski definition) is 2. The molecule has 152 valence electrons. The summed E-state index contributed by atoms with van der Waals surface area (Å²) in [6, 6.07) is 8.60. The van der Waals surface area contributed by atoms with Gasteiger partial charge in [0.25, 0.3) is 11.5 Å². The molecule has 9 nitrogen and oxygen atoms in total. The molecule has 2 aromatic carbocycles. The maximum absolute atomic E-state index is 13.8. The second kappa shape index (κ2) is 7.84. The van der Waals surface area contributed by atoms with E-state index in [1.807, 2.05) is 0 Å². The molecule has 30 heavy (non-hydrogen) atoms. The predicted molar refractivity (Wildman–Crippen MR) is 108 cm³/mol. The highest BCUT2D eigenvalue weighted by molar-refractivity contribution is 6.06. The lowest BCUT2D eigenvalue weighted by atomic mass is 10.1. The average molecular weight is 409 g/mol. The summed E-state index contributed by atoms with van der Waals surface area (Å²) in [6.07, 6.45) is 1.16. The van der Waals surface area contributed by atoms with Gasteiger partial charge in [0.15, 0.2) is 0 Å². The molecule has 0 aliphatic carbocycles. The van der Waals surface area contributed by atoms with Gasteiger partial charge in [-0.25, -0.2) is 9.07 Å². The first-order chi connectivity index (χ1) is 14.5. The number of halogens is 1. The monoisotopic (exact) mass is 409 g/mol. The van der Waals surface area contributed by atoms with Crippen molar-refractivity contribution in [1.29, 1.82) is 0 Å². The summed E-state index contributed by atoms with van der Waals surface area (Å²) in [5.41, 5.74) is -0.472. The van der Waals surface area contributed by atoms with Crippen LogP contribution in [0.3, 0.4) is 0 Å². The number of para-hydroxylation sites is 1. The number of H-pyrrole nitrogens is 1. The number of nitrogens with zero attached hydrogens (tertiary/aromatic N) is 3. The lowest BCUT2D eigenvalue weighted by molar-refractivity contribution is 0.102. The van der Waals surface area contributed by atoms with E-state index < -0.39 is 17.2 Å². The van der Waals surface area contributed by atoms with E-state index in [-0.39, 0.29) is 34.0 Å². The Morgan fingerprint density at radius 3 is 2.87 bits per heavy atom. The summed E-state index contributed by atoms with van der Waals surface area (Å²) in [4.78, 5) is 40.5. The van der Waals surface area contributed by atoms with Crippen LogP contribution in [0.2, 0.25) is 0 Å². The van der Waals surface area contributed by atoms with Crippen molar-refractivity contribution in [3.63, 3.8) is 0 Å². The summed E-state index contributed by atoms with van der Waals surface area (Å²) < 4.78 is 19.9. The Bertz CT molecular complexity index is 1400. The van der Waals surface area contributed by atoms with E-state index in [2.05, 4.69) is 20.6 Å². The van der Waals surface area contributed by atoms with Gasteiger partial charge >= 0.3 is 0 Å². The molecule has 0 aliphatic rings. The molecule has 4 rings (SSSR count).